The van der Waals surface area contributed by atoms with Gasteiger partial charge < -0.3 is 9.64 Å². The molecule has 3 aromatic rings. The van der Waals surface area contributed by atoms with E-state index in [0.29, 0.717) is 11.3 Å². The Labute approximate surface area is 169 Å². The molecule has 2 aromatic heterocycles. The first-order valence-electron chi connectivity index (χ1n) is 9.50. The number of ether oxygens (including phenoxy) is 1. The van der Waals surface area contributed by atoms with Gasteiger partial charge in [0.05, 0.1) is 12.5 Å². The van der Waals surface area contributed by atoms with Crippen LogP contribution in [0.1, 0.15) is 37.5 Å². The quantitative estimate of drug-likeness (QED) is 0.495. The number of aryl methyl sites for hydroxylation is 1. The van der Waals surface area contributed by atoms with Crippen LogP contribution in [0, 0.1) is 6.92 Å². The predicted molar refractivity (Wildman–Crippen MR) is 114 cm³/mol. The van der Waals surface area contributed by atoms with Gasteiger partial charge in [0, 0.05) is 23.0 Å². The molecular weight excluding hydrogens is 378 g/mol. The minimum absolute atomic E-state index is 0.334. The topological polar surface area (TPSA) is 38.2 Å². The Morgan fingerprint density at radius 1 is 1.22 bits per heavy atom. The van der Waals surface area contributed by atoms with E-state index in [0.717, 1.165) is 40.3 Å². The number of hydrogen-bond acceptors (Lipinski definition) is 5. The normalized spacial score (nSPS) is 17.5. The third-order valence-electron chi connectivity index (χ3n) is 5.43. The average Bonchev–Trinajstić information content (AvgIpc) is 3.02. The smallest absolute Gasteiger partial charge is 0.225 e. The number of thiophene rings is 1. The molecule has 0 bridgehead atoms. The van der Waals surface area contributed by atoms with E-state index < -0.39 is 0 Å². The molecule has 0 spiro atoms. The van der Waals surface area contributed by atoms with Gasteiger partial charge in [-0.1, -0.05) is 19.1 Å². The number of rotatable bonds is 4. The summed E-state index contributed by atoms with van der Waals surface area (Å²) in [4.78, 5) is 13.9. The third kappa shape index (κ3) is 3.39. The Hall–Kier alpha value is -1.85. The van der Waals surface area contributed by atoms with Gasteiger partial charge in [-0.25, -0.2) is 4.98 Å². The Kier molecular flexibility index (Phi) is 5.24. The molecule has 1 atom stereocenters. The molecular formula is C21H24ClN3OS. The zero-order chi connectivity index (χ0) is 19.0. The molecule has 0 saturated carbocycles. The molecule has 27 heavy (non-hydrogen) atoms. The number of hydrogen-bond donors (Lipinski definition) is 0. The van der Waals surface area contributed by atoms with E-state index in [4.69, 9.17) is 21.3 Å². The van der Waals surface area contributed by atoms with Crippen LogP contribution in [0.5, 0.6) is 5.75 Å². The van der Waals surface area contributed by atoms with Crippen molar-refractivity contribution in [2.75, 3.05) is 18.6 Å². The summed E-state index contributed by atoms with van der Waals surface area (Å²) in [7, 11) is 1.69. The SMILES string of the molecule is CCC1CCCCN1c1nc(Cl)nc2sc(C)c(-c3ccc(OC)cc3)c12. The molecule has 1 fully saturated rings. The number of piperidine rings is 1. The highest BCUT2D eigenvalue weighted by atomic mass is 35.5. The van der Waals surface area contributed by atoms with Crippen LogP contribution in [0.4, 0.5) is 5.82 Å². The van der Waals surface area contributed by atoms with Crippen LogP contribution in [0.2, 0.25) is 5.28 Å². The van der Waals surface area contributed by atoms with Crippen molar-refractivity contribution in [3.63, 3.8) is 0 Å². The largest absolute Gasteiger partial charge is 0.497 e. The van der Waals surface area contributed by atoms with Crippen molar-refractivity contribution in [1.82, 2.24) is 9.97 Å². The van der Waals surface area contributed by atoms with Crippen molar-refractivity contribution < 1.29 is 4.74 Å². The zero-order valence-electron chi connectivity index (χ0n) is 16.0. The summed E-state index contributed by atoms with van der Waals surface area (Å²) in [6.07, 6.45) is 4.80. The van der Waals surface area contributed by atoms with Gasteiger partial charge >= 0.3 is 0 Å². The molecule has 6 heteroatoms. The average molecular weight is 402 g/mol. The molecule has 1 saturated heterocycles. The van der Waals surface area contributed by atoms with E-state index >= 15 is 0 Å². The lowest BCUT2D eigenvalue weighted by Gasteiger charge is -2.36. The highest BCUT2D eigenvalue weighted by Crippen LogP contribution is 2.43. The maximum absolute atomic E-state index is 6.32. The summed E-state index contributed by atoms with van der Waals surface area (Å²) < 4.78 is 5.32. The highest BCUT2D eigenvalue weighted by molar-refractivity contribution is 7.19. The van der Waals surface area contributed by atoms with Crippen molar-refractivity contribution in [2.45, 2.75) is 45.6 Å². The van der Waals surface area contributed by atoms with Crippen LogP contribution < -0.4 is 9.64 Å². The lowest BCUT2D eigenvalue weighted by molar-refractivity contribution is 0.415. The van der Waals surface area contributed by atoms with Crippen molar-refractivity contribution in [3.8, 4) is 16.9 Å². The van der Waals surface area contributed by atoms with Crippen LogP contribution in [-0.2, 0) is 0 Å². The fourth-order valence-electron chi connectivity index (χ4n) is 4.09. The van der Waals surface area contributed by atoms with Gasteiger partial charge in [-0.2, -0.15) is 4.98 Å². The third-order valence-corrected chi connectivity index (χ3v) is 6.60. The molecule has 1 unspecified atom stereocenters. The Morgan fingerprint density at radius 3 is 2.70 bits per heavy atom. The number of fused-ring (bicyclic) bond motifs is 1. The maximum Gasteiger partial charge on any atom is 0.225 e. The van der Waals surface area contributed by atoms with E-state index in [1.54, 1.807) is 18.4 Å². The summed E-state index contributed by atoms with van der Waals surface area (Å²) in [6, 6.07) is 8.74. The van der Waals surface area contributed by atoms with E-state index in [1.807, 2.05) is 12.1 Å². The second kappa shape index (κ2) is 7.64. The molecule has 0 N–H and O–H groups in total. The minimum atomic E-state index is 0.334. The van der Waals surface area contributed by atoms with Crippen molar-refractivity contribution in [2.24, 2.45) is 0 Å². The fourth-order valence-corrected chi connectivity index (χ4v) is 5.34. The molecule has 1 aliphatic rings. The zero-order valence-corrected chi connectivity index (χ0v) is 17.5. The van der Waals surface area contributed by atoms with Crippen molar-refractivity contribution >= 4 is 39.0 Å². The summed E-state index contributed by atoms with van der Waals surface area (Å²) in [5.41, 5.74) is 2.38. The molecule has 0 aliphatic carbocycles. The molecule has 0 radical (unpaired) electrons. The molecule has 3 heterocycles. The van der Waals surface area contributed by atoms with Crippen molar-refractivity contribution in [1.29, 1.82) is 0 Å². The summed E-state index contributed by atoms with van der Waals surface area (Å²) in [5, 5.41) is 1.47. The first-order chi connectivity index (χ1) is 13.1. The number of aromatic nitrogens is 2. The van der Waals surface area contributed by atoms with Gasteiger partial charge in [0.2, 0.25) is 5.28 Å². The van der Waals surface area contributed by atoms with E-state index in [2.05, 4.69) is 35.9 Å². The standard InChI is InChI=1S/C21H24ClN3OS/c1-4-15-7-5-6-12-25(15)19-18-17(14-8-10-16(26-3)11-9-14)13(2)27-20(18)24-21(22)23-19/h8-11,15H,4-7,12H2,1-3H3. The molecule has 0 amide bonds. The number of methoxy groups -OCH3 is 1. The Bertz CT molecular complexity index is 954. The molecule has 142 valence electrons. The number of nitrogens with zero attached hydrogens (tertiary/aromatic N) is 3. The van der Waals surface area contributed by atoms with Gasteiger partial charge in [-0.15, -0.1) is 11.3 Å². The van der Waals surface area contributed by atoms with Crippen LogP contribution in [-0.4, -0.2) is 29.7 Å². The maximum atomic E-state index is 6.32. The van der Waals surface area contributed by atoms with Gasteiger partial charge in [0.25, 0.3) is 0 Å². The number of halogens is 1. The molecule has 1 aromatic carbocycles. The van der Waals surface area contributed by atoms with Crippen LogP contribution in [0.3, 0.4) is 0 Å². The first-order valence-corrected chi connectivity index (χ1v) is 10.7. The Morgan fingerprint density at radius 2 is 2.00 bits per heavy atom. The van der Waals surface area contributed by atoms with Crippen LogP contribution >= 0.6 is 22.9 Å². The summed E-state index contributed by atoms with van der Waals surface area (Å²) in [6.45, 7) is 5.43. The number of anilines is 1. The highest BCUT2D eigenvalue weighted by Gasteiger charge is 2.27. The first kappa shape index (κ1) is 18.5. The van der Waals surface area contributed by atoms with Gasteiger partial charge in [0.15, 0.2) is 0 Å². The van der Waals surface area contributed by atoms with Crippen LogP contribution in [0.15, 0.2) is 24.3 Å². The van der Waals surface area contributed by atoms with Gasteiger partial charge in [0.1, 0.15) is 16.4 Å². The second-order valence-corrected chi connectivity index (χ2v) is 8.55. The van der Waals surface area contributed by atoms with E-state index in [-0.39, 0.29) is 0 Å². The lowest BCUT2D eigenvalue weighted by atomic mass is 9.98. The molecule has 4 rings (SSSR count). The second-order valence-electron chi connectivity index (χ2n) is 7.01. The van der Waals surface area contributed by atoms with E-state index in [1.165, 1.54) is 29.7 Å². The monoisotopic (exact) mass is 401 g/mol. The molecule has 1 aliphatic heterocycles. The van der Waals surface area contributed by atoms with E-state index in [9.17, 15) is 0 Å². The minimum Gasteiger partial charge on any atom is -0.497 e. The van der Waals surface area contributed by atoms with Crippen LogP contribution in [0.25, 0.3) is 21.3 Å². The molecule has 4 nitrogen and oxygen atoms in total. The fraction of sp³-hybridized carbons (Fsp3) is 0.429. The lowest BCUT2D eigenvalue weighted by Crippen LogP contribution is -2.39. The van der Waals surface area contributed by atoms with Gasteiger partial charge in [-0.3, -0.25) is 0 Å². The number of benzene rings is 1. The van der Waals surface area contributed by atoms with Crippen molar-refractivity contribution in [3.05, 3.63) is 34.4 Å². The summed E-state index contributed by atoms with van der Waals surface area (Å²) >= 11 is 8.01. The summed E-state index contributed by atoms with van der Waals surface area (Å²) in [5.74, 6) is 1.85. The van der Waals surface area contributed by atoms with Gasteiger partial charge in [-0.05, 0) is 61.9 Å². The Balaban J connectivity index is 1.93. The predicted octanol–water partition coefficient (Wildman–Crippen LogP) is 6.10.